The van der Waals surface area contributed by atoms with Crippen LogP contribution in [0.1, 0.15) is 16.7 Å². The third kappa shape index (κ3) is 4.94. The molecule has 0 aliphatic rings. The maximum absolute atomic E-state index is 13.9. The Balaban J connectivity index is 1.96. The molecular formula is C22H13BrCl2FNO. The van der Waals surface area contributed by atoms with Crippen molar-refractivity contribution < 1.29 is 9.13 Å². The SMILES string of the molecule is N#C/C(=C\c1cc(Br)ccc1OCc1ccccc1F)c1ccc(Cl)cc1Cl. The molecular weight excluding hydrogens is 464 g/mol. The molecule has 3 aromatic carbocycles. The summed E-state index contributed by atoms with van der Waals surface area (Å²) < 4.78 is 20.5. The van der Waals surface area contributed by atoms with Gasteiger partial charge in [0.25, 0.3) is 0 Å². The second-order valence-electron chi connectivity index (χ2n) is 5.86. The molecule has 0 aliphatic heterocycles. The Morgan fingerprint density at radius 3 is 2.61 bits per heavy atom. The Hall–Kier alpha value is -2.32. The van der Waals surface area contributed by atoms with Crippen molar-refractivity contribution >= 4 is 50.8 Å². The lowest BCUT2D eigenvalue weighted by Crippen LogP contribution is -1.99. The summed E-state index contributed by atoms with van der Waals surface area (Å²) in [7, 11) is 0. The van der Waals surface area contributed by atoms with E-state index in [1.54, 1.807) is 48.5 Å². The molecule has 3 aromatic rings. The fourth-order valence-electron chi connectivity index (χ4n) is 2.57. The average Bonchev–Trinajstić information content (AvgIpc) is 2.67. The number of ether oxygens (including phenoxy) is 1. The van der Waals surface area contributed by atoms with E-state index in [4.69, 9.17) is 27.9 Å². The lowest BCUT2D eigenvalue weighted by molar-refractivity contribution is 0.299. The summed E-state index contributed by atoms with van der Waals surface area (Å²) in [5.74, 6) is 0.187. The van der Waals surface area contributed by atoms with Gasteiger partial charge in [-0.3, -0.25) is 0 Å². The maximum atomic E-state index is 13.9. The van der Waals surface area contributed by atoms with Gasteiger partial charge in [0.1, 0.15) is 18.2 Å². The molecule has 0 saturated carbocycles. The van der Waals surface area contributed by atoms with Crippen molar-refractivity contribution in [2.75, 3.05) is 0 Å². The monoisotopic (exact) mass is 475 g/mol. The molecule has 28 heavy (non-hydrogen) atoms. The van der Waals surface area contributed by atoms with Gasteiger partial charge in [-0.15, -0.1) is 0 Å². The molecule has 0 saturated heterocycles. The Kier molecular flexibility index (Phi) is 6.74. The van der Waals surface area contributed by atoms with E-state index in [1.807, 2.05) is 12.1 Å². The number of rotatable bonds is 5. The summed E-state index contributed by atoms with van der Waals surface area (Å²) in [5, 5.41) is 10.5. The van der Waals surface area contributed by atoms with Crippen LogP contribution in [0.4, 0.5) is 4.39 Å². The summed E-state index contributed by atoms with van der Waals surface area (Å²) in [6.07, 6.45) is 1.68. The molecule has 0 N–H and O–H groups in total. The van der Waals surface area contributed by atoms with Crippen LogP contribution in [0.5, 0.6) is 5.75 Å². The van der Waals surface area contributed by atoms with Crippen LogP contribution in [0.2, 0.25) is 10.0 Å². The third-order valence-electron chi connectivity index (χ3n) is 3.95. The minimum Gasteiger partial charge on any atom is -0.488 e. The van der Waals surface area contributed by atoms with Crippen LogP contribution in [-0.4, -0.2) is 0 Å². The zero-order valence-corrected chi connectivity index (χ0v) is 17.5. The second-order valence-corrected chi connectivity index (χ2v) is 7.62. The number of nitrogens with zero attached hydrogens (tertiary/aromatic N) is 1. The van der Waals surface area contributed by atoms with Crippen LogP contribution in [0.3, 0.4) is 0 Å². The first-order valence-electron chi connectivity index (χ1n) is 8.21. The highest BCUT2D eigenvalue weighted by Gasteiger charge is 2.11. The Labute approximate surface area is 180 Å². The summed E-state index contributed by atoms with van der Waals surface area (Å²) in [5.41, 5.74) is 2.03. The molecule has 6 heteroatoms. The van der Waals surface area contributed by atoms with Crippen LogP contribution in [-0.2, 0) is 6.61 Å². The first kappa shape index (κ1) is 20.4. The van der Waals surface area contributed by atoms with Gasteiger partial charge < -0.3 is 4.74 Å². The summed E-state index contributed by atoms with van der Waals surface area (Å²) in [6.45, 7) is 0.0682. The number of benzene rings is 3. The van der Waals surface area contributed by atoms with Crippen LogP contribution in [0, 0.1) is 17.1 Å². The van der Waals surface area contributed by atoms with Gasteiger partial charge in [0.05, 0.1) is 16.7 Å². The molecule has 0 spiro atoms. The van der Waals surface area contributed by atoms with Crippen molar-refractivity contribution in [2.24, 2.45) is 0 Å². The molecule has 0 aliphatic carbocycles. The largest absolute Gasteiger partial charge is 0.488 e. The second kappa shape index (κ2) is 9.25. The van der Waals surface area contributed by atoms with E-state index >= 15 is 0 Å². The number of hydrogen-bond donors (Lipinski definition) is 0. The number of halogens is 4. The standard InChI is InChI=1S/C22H13BrCl2FNO/c23-17-5-8-22(28-13-14-3-1-2-4-21(14)26)15(10-17)9-16(12-27)19-7-6-18(24)11-20(19)25/h1-11H,13H2/b16-9+. The highest BCUT2D eigenvalue weighted by atomic mass is 79.9. The number of nitriles is 1. The van der Waals surface area contributed by atoms with Crippen LogP contribution < -0.4 is 4.74 Å². The Morgan fingerprint density at radius 2 is 1.89 bits per heavy atom. The fraction of sp³-hybridized carbons (Fsp3) is 0.0455. The van der Waals surface area contributed by atoms with Crippen molar-refractivity contribution in [1.29, 1.82) is 5.26 Å². The molecule has 140 valence electrons. The van der Waals surface area contributed by atoms with Crippen molar-refractivity contribution in [3.05, 3.63) is 97.7 Å². The average molecular weight is 477 g/mol. The highest BCUT2D eigenvalue weighted by molar-refractivity contribution is 9.10. The van der Waals surface area contributed by atoms with E-state index in [2.05, 4.69) is 22.0 Å². The van der Waals surface area contributed by atoms with Gasteiger partial charge in [-0.1, -0.05) is 63.4 Å². The molecule has 0 fully saturated rings. The predicted molar refractivity (Wildman–Crippen MR) is 115 cm³/mol. The van der Waals surface area contributed by atoms with Gasteiger partial charge in [-0.2, -0.15) is 5.26 Å². The minimum atomic E-state index is -0.331. The quantitative estimate of drug-likeness (QED) is 0.281. The van der Waals surface area contributed by atoms with Gasteiger partial charge >= 0.3 is 0 Å². The van der Waals surface area contributed by atoms with Crippen LogP contribution in [0.15, 0.2) is 65.1 Å². The van der Waals surface area contributed by atoms with Crippen molar-refractivity contribution in [1.82, 2.24) is 0 Å². The normalized spacial score (nSPS) is 11.2. The summed E-state index contributed by atoms with van der Waals surface area (Å²) >= 11 is 15.6. The molecule has 3 rings (SSSR count). The lowest BCUT2D eigenvalue weighted by atomic mass is 10.0. The van der Waals surface area contributed by atoms with E-state index in [0.29, 0.717) is 38.1 Å². The van der Waals surface area contributed by atoms with E-state index in [9.17, 15) is 9.65 Å². The van der Waals surface area contributed by atoms with Gasteiger partial charge in [0.2, 0.25) is 0 Å². The van der Waals surface area contributed by atoms with Gasteiger partial charge in [0.15, 0.2) is 0 Å². The van der Waals surface area contributed by atoms with Crippen molar-refractivity contribution in [3.8, 4) is 11.8 Å². The van der Waals surface area contributed by atoms with Crippen LogP contribution >= 0.6 is 39.1 Å². The lowest BCUT2D eigenvalue weighted by Gasteiger charge is -2.11. The third-order valence-corrected chi connectivity index (χ3v) is 5.00. The van der Waals surface area contributed by atoms with Crippen LogP contribution in [0.25, 0.3) is 11.6 Å². The fourth-order valence-corrected chi connectivity index (χ4v) is 3.46. The van der Waals surface area contributed by atoms with Gasteiger partial charge in [0, 0.05) is 26.2 Å². The first-order valence-corrected chi connectivity index (χ1v) is 9.76. The minimum absolute atomic E-state index is 0.0682. The zero-order chi connectivity index (χ0) is 20.1. The molecule has 0 radical (unpaired) electrons. The highest BCUT2D eigenvalue weighted by Crippen LogP contribution is 2.32. The zero-order valence-electron chi connectivity index (χ0n) is 14.4. The maximum Gasteiger partial charge on any atom is 0.129 e. The van der Waals surface area contributed by atoms with E-state index in [1.165, 1.54) is 6.07 Å². The van der Waals surface area contributed by atoms with Gasteiger partial charge in [-0.25, -0.2) is 4.39 Å². The van der Waals surface area contributed by atoms with E-state index < -0.39 is 0 Å². The topological polar surface area (TPSA) is 33.0 Å². The number of hydrogen-bond acceptors (Lipinski definition) is 2. The van der Waals surface area contributed by atoms with Crippen molar-refractivity contribution in [2.45, 2.75) is 6.61 Å². The molecule has 0 amide bonds. The predicted octanol–water partition coefficient (Wildman–Crippen LogP) is 7.54. The molecule has 0 atom stereocenters. The molecule has 0 bridgehead atoms. The number of allylic oxidation sites excluding steroid dienone is 1. The smallest absolute Gasteiger partial charge is 0.129 e. The van der Waals surface area contributed by atoms with E-state index in [0.717, 1.165) is 4.47 Å². The summed E-state index contributed by atoms with van der Waals surface area (Å²) in [4.78, 5) is 0. The molecule has 0 heterocycles. The Morgan fingerprint density at radius 1 is 1.11 bits per heavy atom. The molecule has 0 aromatic heterocycles. The summed E-state index contributed by atoms with van der Waals surface area (Å²) in [6, 6.07) is 18.9. The van der Waals surface area contributed by atoms with Gasteiger partial charge in [-0.05, 0) is 42.5 Å². The van der Waals surface area contributed by atoms with Crippen molar-refractivity contribution in [3.63, 3.8) is 0 Å². The van der Waals surface area contributed by atoms with E-state index in [-0.39, 0.29) is 12.4 Å². The Bertz CT molecular complexity index is 1090. The first-order chi connectivity index (χ1) is 13.5. The molecule has 2 nitrogen and oxygen atoms in total. The molecule has 0 unspecified atom stereocenters.